The van der Waals surface area contributed by atoms with Crippen LogP contribution in [0.2, 0.25) is 0 Å². The first-order valence-corrected chi connectivity index (χ1v) is 9.78. The quantitative estimate of drug-likeness (QED) is 0.781. The molecule has 152 valence electrons. The monoisotopic (exact) mass is 398 g/mol. The predicted octanol–water partition coefficient (Wildman–Crippen LogP) is 2.89. The standard InChI is InChI=1S/C22H23FN2O4/c1-15-5-2-6-16(19(15)23)21(26)24-9-4-10-25(12-11-24)22(27)17-7-3-8-18-20(17)29-14-13-28-18/h2-3,5-8H,4,9-14H2,1H3. The number of hydrogen-bond donors (Lipinski definition) is 0. The van der Waals surface area contributed by atoms with Crippen LogP contribution < -0.4 is 9.47 Å². The number of fused-ring (bicyclic) bond motifs is 1. The number of hydrogen-bond acceptors (Lipinski definition) is 4. The maximum absolute atomic E-state index is 14.4. The number of halogens is 1. The highest BCUT2D eigenvalue weighted by atomic mass is 19.1. The van der Waals surface area contributed by atoms with Crippen LogP contribution in [0, 0.1) is 12.7 Å². The van der Waals surface area contributed by atoms with Gasteiger partial charge >= 0.3 is 0 Å². The molecular weight excluding hydrogens is 375 g/mol. The van der Waals surface area contributed by atoms with Crippen LogP contribution >= 0.6 is 0 Å². The Morgan fingerprint density at radius 3 is 2.24 bits per heavy atom. The van der Waals surface area contributed by atoms with Gasteiger partial charge in [-0.25, -0.2) is 4.39 Å². The summed E-state index contributed by atoms with van der Waals surface area (Å²) in [5.41, 5.74) is 0.984. The summed E-state index contributed by atoms with van der Waals surface area (Å²) in [6.45, 7) is 4.22. The third-order valence-electron chi connectivity index (χ3n) is 5.29. The lowest BCUT2D eigenvalue weighted by Crippen LogP contribution is -2.38. The normalized spacial score (nSPS) is 16.3. The molecule has 0 N–H and O–H groups in total. The highest BCUT2D eigenvalue weighted by Gasteiger charge is 2.28. The van der Waals surface area contributed by atoms with E-state index in [1.807, 2.05) is 0 Å². The van der Waals surface area contributed by atoms with E-state index in [-0.39, 0.29) is 17.4 Å². The van der Waals surface area contributed by atoms with Crippen LogP contribution in [0.5, 0.6) is 11.5 Å². The van der Waals surface area contributed by atoms with Crippen LogP contribution in [0.3, 0.4) is 0 Å². The van der Waals surface area contributed by atoms with Crippen molar-refractivity contribution < 1.29 is 23.5 Å². The molecule has 2 heterocycles. The first-order chi connectivity index (χ1) is 14.1. The van der Waals surface area contributed by atoms with Crippen LogP contribution in [0.15, 0.2) is 36.4 Å². The molecule has 2 aromatic rings. The van der Waals surface area contributed by atoms with Gasteiger partial charge in [0.05, 0.1) is 11.1 Å². The van der Waals surface area contributed by atoms with Crippen molar-refractivity contribution in [3.8, 4) is 11.5 Å². The van der Waals surface area contributed by atoms with E-state index in [0.29, 0.717) is 68.4 Å². The van der Waals surface area contributed by atoms with Gasteiger partial charge in [0.15, 0.2) is 11.5 Å². The summed E-state index contributed by atoms with van der Waals surface area (Å²) in [7, 11) is 0. The minimum atomic E-state index is -0.484. The van der Waals surface area contributed by atoms with Crippen molar-refractivity contribution >= 4 is 11.8 Å². The molecule has 0 atom stereocenters. The van der Waals surface area contributed by atoms with Crippen LogP contribution in [0.1, 0.15) is 32.7 Å². The van der Waals surface area contributed by atoms with Gasteiger partial charge in [0.2, 0.25) is 0 Å². The third kappa shape index (κ3) is 3.77. The van der Waals surface area contributed by atoms with Gasteiger partial charge in [-0.3, -0.25) is 9.59 Å². The lowest BCUT2D eigenvalue weighted by Gasteiger charge is -2.25. The molecule has 1 fully saturated rings. The molecule has 2 aliphatic heterocycles. The van der Waals surface area contributed by atoms with Gasteiger partial charge in [-0.15, -0.1) is 0 Å². The van der Waals surface area contributed by atoms with Gasteiger partial charge in [-0.2, -0.15) is 0 Å². The number of nitrogens with zero attached hydrogens (tertiary/aromatic N) is 2. The van der Waals surface area contributed by atoms with Gasteiger partial charge in [0.1, 0.15) is 19.0 Å². The lowest BCUT2D eigenvalue weighted by molar-refractivity contribution is 0.0710. The molecule has 1 saturated heterocycles. The summed E-state index contributed by atoms with van der Waals surface area (Å²) in [4.78, 5) is 29.2. The van der Waals surface area contributed by atoms with Gasteiger partial charge in [0.25, 0.3) is 11.8 Å². The van der Waals surface area contributed by atoms with E-state index in [2.05, 4.69) is 0 Å². The van der Waals surface area contributed by atoms with Crippen molar-refractivity contribution in [2.45, 2.75) is 13.3 Å². The van der Waals surface area contributed by atoms with Crippen molar-refractivity contribution in [3.05, 3.63) is 58.9 Å². The summed E-state index contributed by atoms with van der Waals surface area (Å²) in [5, 5.41) is 0. The number of carbonyl (C=O) groups is 2. The number of amides is 2. The molecule has 0 radical (unpaired) electrons. The minimum absolute atomic E-state index is 0.0763. The molecule has 0 saturated carbocycles. The Hall–Kier alpha value is -3.09. The van der Waals surface area contributed by atoms with E-state index in [0.717, 1.165) is 0 Å². The van der Waals surface area contributed by atoms with Crippen molar-refractivity contribution in [1.29, 1.82) is 0 Å². The lowest BCUT2D eigenvalue weighted by atomic mass is 10.1. The molecule has 0 spiro atoms. The van der Waals surface area contributed by atoms with Crippen molar-refractivity contribution in [3.63, 3.8) is 0 Å². The average molecular weight is 398 g/mol. The fourth-order valence-corrected chi connectivity index (χ4v) is 3.72. The smallest absolute Gasteiger partial charge is 0.257 e. The first kappa shape index (κ1) is 19.2. The number of aryl methyl sites for hydroxylation is 1. The van der Waals surface area contributed by atoms with E-state index >= 15 is 0 Å². The molecular formula is C22H23FN2O4. The van der Waals surface area contributed by atoms with E-state index in [4.69, 9.17) is 9.47 Å². The van der Waals surface area contributed by atoms with E-state index in [1.165, 1.54) is 6.07 Å². The summed E-state index contributed by atoms with van der Waals surface area (Å²) in [6.07, 6.45) is 0.622. The molecule has 2 aromatic carbocycles. The van der Waals surface area contributed by atoms with Gasteiger partial charge in [-0.05, 0) is 37.1 Å². The highest BCUT2D eigenvalue weighted by Crippen LogP contribution is 2.34. The summed E-state index contributed by atoms with van der Waals surface area (Å²) >= 11 is 0. The maximum atomic E-state index is 14.4. The van der Waals surface area contributed by atoms with Gasteiger partial charge in [-0.1, -0.05) is 18.2 Å². The third-order valence-corrected chi connectivity index (χ3v) is 5.29. The minimum Gasteiger partial charge on any atom is -0.486 e. The largest absolute Gasteiger partial charge is 0.486 e. The van der Waals surface area contributed by atoms with Crippen LogP contribution in [-0.2, 0) is 0 Å². The number of benzene rings is 2. The first-order valence-electron chi connectivity index (χ1n) is 9.78. The number of para-hydroxylation sites is 1. The fourth-order valence-electron chi connectivity index (χ4n) is 3.72. The molecule has 4 rings (SSSR count). The molecule has 6 nitrogen and oxygen atoms in total. The van der Waals surface area contributed by atoms with Crippen molar-refractivity contribution in [1.82, 2.24) is 9.80 Å². The van der Waals surface area contributed by atoms with E-state index in [9.17, 15) is 14.0 Å². The summed E-state index contributed by atoms with van der Waals surface area (Å²) < 4.78 is 25.6. The fraction of sp³-hybridized carbons (Fsp3) is 0.364. The average Bonchev–Trinajstić information content (AvgIpc) is 3.00. The van der Waals surface area contributed by atoms with E-state index < -0.39 is 5.82 Å². The highest BCUT2D eigenvalue weighted by molar-refractivity contribution is 5.98. The molecule has 0 aromatic heterocycles. The predicted molar refractivity (Wildman–Crippen MR) is 105 cm³/mol. The van der Waals surface area contributed by atoms with E-state index in [1.54, 1.807) is 47.1 Å². The second-order valence-corrected chi connectivity index (χ2v) is 7.20. The Kier molecular flexibility index (Phi) is 5.38. The van der Waals surface area contributed by atoms with Crippen LogP contribution in [0.25, 0.3) is 0 Å². The molecule has 0 unspecified atom stereocenters. The Labute approximate surface area is 168 Å². The molecule has 0 aliphatic carbocycles. The molecule has 2 aliphatic rings. The molecule has 0 bridgehead atoms. The zero-order valence-electron chi connectivity index (χ0n) is 16.3. The van der Waals surface area contributed by atoms with Crippen molar-refractivity contribution in [2.75, 3.05) is 39.4 Å². The maximum Gasteiger partial charge on any atom is 0.257 e. The zero-order chi connectivity index (χ0) is 20.4. The molecule has 2 amide bonds. The second-order valence-electron chi connectivity index (χ2n) is 7.20. The Bertz CT molecular complexity index is 946. The van der Waals surface area contributed by atoms with Crippen LogP contribution in [0.4, 0.5) is 4.39 Å². The number of ether oxygens (including phenoxy) is 2. The topological polar surface area (TPSA) is 59.1 Å². The Morgan fingerprint density at radius 2 is 1.48 bits per heavy atom. The number of carbonyl (C=O) groups excluding carboxylic acids is 2. The number of rotatable bonds is 2. The zero-order valence-corrected chi connectivity index (χ0v) is 16.3. The molecule has 7 heteroatoms. The molecule has 29 heavy (non-hydrogen) atoms. The Balaban J connectivity index is 1.49. The summed E-state index contributed by atoms with van der Waals surface area (Å²) in [5.74, 6) is 0.0758. The van der Waals surface area contributed by atoms with Gasteiger partial charge < -0.3 is 19.3 Å². The second kappa shape index (κ2) is 8.11. The summed E-state index contributed by atoms with van der Waals surface area (Å²) in [6, 6.07) is 10.1. The van der Waals surface area contributed by atoms with Gasteiger partial charge in [0, 0.05) is 26.2 Å². The Morgan fingerprint density at radius 1 is 0.862 bits per heavy atom. The SMILES string of the molecule is Cc1cccc(C(=O)N2CCCN(C(=O)c3cccc4c3OCCO4)CC2)c1F. The van der Waals surface area contributed by atoms with Crippen molar-refractivity contribution in [2.24, 2.45) is 0 Å². The van der Waals surface area contributed by atoms with Crippen LogP contribution in [-0.4, -0.2) is 61.0 Å².